The molecule has 0 spiro atoms. The minimum atomic E-state index is -4.76. The van der Waals surface area contributed by atoms with Crippen molar-refractivity contribution < 1.29 is 35.3 Å². The summed E-state index contributed by atoms with van der Waals surface area (Å²) in [6.45, 7) is -2.09. The van der Waals surface area contributed by atoms with E-state index in [2.05, 4.69) is 19.8 Å². The number of alkyl halides is 5. The highest BCUT2D eigenvalue weighted by atomic mass is 32.2. The number of carbonyl (C=O) groups excluding carboxylic acids is 1. The predicted octanol–water partition coefficient (Wildman–Crippen LogP) is 4.37. The fourth-order valence-corrected chi connectivity index (χ4v) is 3.62. The molecule has 2 amide bonds. The lowest BCUT2D eigenvalue weighted by Crippen LogP contribution is -2.17. The van der Waals surface area contributed by atoms with E-state index in [4.69, 9.17) is 0 Å². The number of anilines is 1. The molecule has 14 heteroatoms. The van der Waals surface area contributed by atoms with Gasteiger partial charge in [0.1, 0.15) is 11.5 Å². The molecule has 7 nitrogen and oxygen atoms in total. The Morgan fingerprint density at radius 2 is 2.03 bits per heavy atom. The fraction of sp³-hybridized carbons (Fsp3) is 0.400. The summed E-state index contributed by atoms with van der Waals surface area (Å²) in [5.74, 6) is -1.37. The molecule has 0 bridgehead atoms. The summed E-state index contributed by atoms with van der Waals surface area (Å²) < 4.78 is 93.2. The summed E-state index contributed by atoms with van der Waals surface area (Å²) in [5, 5.41) is 4.17. The van der Waals surface area contributed by atoms with Gasteiger partial charge in [0.15, 0.2) is 0 Å². The maximum absolute atomic E-state index is 13.6. The summed E-state index contributed by atoms with van der Waals surface area (Å²) in [6.07, 6.45) is -3.28. The number of hydrogen-bond acceptors (Lipinski definition) is 5. The van der Waals surface area contributed by atoms with E-state index in [1.54, 1.807) is 0 Å². The summed E-state index contributed by atoms with van der Waals surface area (Å²) >= 11 is 0. The quantitative estimate of drug-likeness (QED) is 0.567. The zero-order chi connectivity index (χ0) is 21.5. The first-order chi connectivity index (χ1) is 13.5. The van der Waals surface area contributed by atoms with E-state index in [1.165, 1.54) is 0 Å². The van der Waals surface area contributed by atoms with Gasteiger partial charge in [0, 0.05) is 16.3 Å². The van der Waals surface area contributed by atoms with Crippen LogP contribution in [0.4, 0.5) is 36.8 Å². The van der Waals surface area contributed by atoms with E-state index in [9.17, 15) is 35.3 Å². The van der Waals surface area contributed by atoms with Gasteiger partial charge in [0.2, 0.25) is 0 Å². The van der Waals surface area contributed by atoms with E-state index < -0.39 is 45.9 Å². The second kappa shape index (κ2) is 7.65. The van der Waals surface area contributed by atoms with Crippen molar-refractivity contribution in [2.45, 2.75) is 43.9 Å². The van der Waals surface area contributed by atoms with Crippen molar-refractivity contribution in [2.24, 2.45) is 4.36 Å². The molecule has 0 saturated heterocycles. The lowest BCUT2D eigenvalue weighted by molar-refractivity contribution is -0.141. The average Bonchev–Trinajstić information content (AvgIpc) is 3.22. The van der Waals surface area contributed by atoms with E-state index in [1.807, 2.05) is 0 Å². The number of urea groups is 1. The van der Waals surface area contributed by atoms with Gasteiger partial charge in [0.05, 0.1) is 11.9 Å². The van der Waals surface area contributed by atoms with Gasteiger partial charge in [-0.1, -0.05) is 0 Å². The predicted molar refractivity (Wildman–Crippen MR) is 87.2 cm³/mol. The zero-order valence-corrected chi connectivity index (χ0v) is 15.4. The number of rotatable bonds is 3. The van der Waals surface area contributed by atoms with Gasteiger partial charge in [-0.2, -0.15) is 27.1 Å². The summed E-state index contributed by atoms with van der Waals surface area (Å²) in [4.78, 5) is 15.7. The Balaban J connectivity index is 1.94. The van der Waals surface area contributed by atoms with Crippen molar-refractivity contribution >= 4 is 22.3 Å². The summed E-state index contributed by atoms with van der Waals surface area (Å²) in [7, 11) is -2.79. The van der Waals surface area contributed by atoms with Crippen LogP contribution in [0.15, 0.2) is 15.6 Å². The number of carbonyl (C=O) groups is 1. The smallest absolute Gasteiger partial charge is 0.433 e. The molecule has 2 aromatic rings. The van der Waals surface area contributed by atoms with Crippen LogP contribution in [0.2, 0.25) is 0 Å². The molecule has 1 aliphatic rings. The Bertz CT molecular complexity index is 1060. The molecule has 2 heterocycles. The maximum Gasteiger partial charge on any atom is 0.433 e. The largest absolute Gasteiger partial charge is 0.438 e. The Morgan fingerprint density at radius 3 is 2.62 bits per heavy atom. The lowest BCUT2D eigenvalue weighted by atomic mass is 10.1. The van der Waals surface area contributed by atoms with Crippen LogP contribution in [0.1, 0.15) is 35.5 Å². The van der Waals surface area contributed by atoms with Gasteiger partial charge < -0.3 is 13.9 Å². The number of aromatic nitrogens is 3. The van der Waals surface area contributed by atoms with Crippen LogP contribution in [0.3, 0.4) is 0 Å². The number of aryl methyl sites for hydroxylation is 1. The third-order valence-corrected chi connectivity index (χ3v) is 5.09. The highest BCUT2D eigenvalue weighted by molar-refractivity contribution is 7.75. The Morgan fingerprint density at radius 1 is 1.34 bits per heavy atom. The number of nitrogens with zero attached hydrogens (tertiary/aromatic N) is 4. The Labute approximate surface area is 161 Å². The molecule has 0 saturated carbocycles. The van der Waals surface area contributed by atoms with Gasteiger partial charge in [-0.3, -0.25) is 0 Å². The fourth-order valence-electron chi connectivity index (χ4n) is 2.95. The van der Waals surface area contributed by atoms with Crippen LogP contribution in [-0.2, 0) is 33.8 Å². The topological polar surface area (TPSA) is 89.2 Å². The van der Waals surface area contributed by atoms with E-state index in [0.717, 1.165) is 6.92 Å². The maximum atomic E-state index is 13.6. The number of amides is 2. The summed E-state index contributed by atoms with van der Waals surface area (Å²) in [5.41, 5.74) is -1.10. The Hall–Kier alpha value is -2.64. The van der Waals surface area contributed by atoms with Gasteiger partial charge in [0.25, 0.3) is 0 Å². The van der Waals surface area contributed by atoms with Crippen LogP contribution in [-0.4, -0.2) is 20.8 Å². The van der Waals surface area contributed by atoms with Crippen molar-refractivity contribution in [3.8, 4) is 0 Å². The highest BCUT2D eigenvalue weighted by Crippen LogP contribution is 2.38. The molecule has 0 aromatic carbocycles. The van der Waals surface area contributed by atoms with Crippen LogP contribution in [0.5, 0.6) is 0 Å². The third-order valence-electron chi connectivity index (χ3n) is 4.16. The number of nitrogens with one attached hydrogen (secondary N) is 1. The molecule has 0 fully saturated rings. The minimum absolute atomic E-state index is 0.106. The van der Waals surface area contributed by atoms with Gasteiger partial charge in [-0.05, 0) is 31.7 Å². The second-order valence-electron chi connectivity index (χ2n) is 6.05. The molecule has 29 heavy (non-hydrogen) atoms. The van der Waals surface area contributed by atoms with Gasteiger partial charge in [-0.15, -0.1) is 10.6 Å². The first-order valence-corrected chi connectivity index (χ1v) is 9.16. The monoisotopic (exact) mass is 440 g/mol. The molecular weight excluding hydrogens is 428 g/mol. The van der Waals surface area contributed by atoms with Crippen molar-refractivity contribution in [1.82, 2.24) is 14.8 Å². The number of halogens is 6. The third kappa shape index (κ3) is 4.21. The second-order valence-corrected chi connectivity index (χ2v) is 7.12. The van der Waals surface area contributed by atoms with E-state index in [0.29, 0.717) is 24.8 Å². The molecule has 1 N–H and O–H groups in total. The van der Waals surface area contributed by atoms with Crippen LogP contribution >= 0.6 is 0 Å². The molecular formula is C15H12F6N5O2S-. The van der Waals surface area contributed by atoms with Gasteiger partial charge >= 0.3 is 18.8 Å². The van der Waals surface area contributed by atoms with Crippen LogP contribution in [0.25, 0.3) is 0 Å². The van der Waals surface area contributed by atoms with Crippen molar-refractivity contribution in [3.63, 3.8) is 0 Å². The van der Waals surface area contributed by atoms with Crippen LogP contribution in [0, 0.1) is 12.7 Å². The molecule has 0 unspecified atom stereocenters. The van der Waals surface area contributed by atoms with Crippen molar-refractivity contribution in [3.05, 3.63) is 34.5 Å². The molecule has 0 radical (unpaired) electrons. The highest BCUT2D eigenvalue weighted by Gasteiger charge is 2.37. The lowest BCUT2D eigenvalue weighted by Gasteiger charge is -2.17. The zero-order valence-electron chi connectivity index (χ0n) is 14.6. The molecule has 1 aliphatic carbocycles. The minimum Gasteiger partial charge on any atom is -0.438 e. The summed E-state index contributed by atoms with van der Waals surface area (Å²) in [6, 6.07) is -1.34. The van der Waals surface area contributed by atoms with Crippen molar-refractivity contribution in [2.75, 3.05) is 5.32 Å². The molecule has 0 atom stereocenters. The molecule has 0 aliphatic heterocycles. The number of fused-ring (bicyclic) bond motifs is 1. The number of pyridine rings is 1. The standard InChI is InChI=1S/C15H12F6N5O2S/c1-6-10(7-3-2-4-9(7)22-11(6)15(19,20)21)23-14(27)25-29(28)12-8(16)5-26(24-12)13(17)18/h5,13H,2-4H2,1H3,(H,22,23,27)/q-1. The first kappa shape index (κ1) is 21.1. The van der Waals surface area contributed by atoms with E-state index in [-0.39, 0.29) is 27.8 Å². The molecule has 2 aromatic heterocycles. The molecule has 158 valence electrons. The van der Waals surface area contributed by atoms with Crippen LogP contribution < -0.4 is 5.32 Å². The SMILES string of the molecule is Cc1c(C(F)(F)F)nc2c(c1NC(=O)N=[S-](=O)c1nn(C(F)F)cc1F)CCC2. The number of hydrogen-bond donors (Lipinski definition) is 1. The molecule has 3 rings (SSSR count). The Kier molecular flexibility index (Phi) is 5.56. The normalized spacial score (nSPS) is 15.0. The van der Waals surface area contributed by atoms with E-state index >= 15 is 0 Å². The first-order valence-electron chi connectivity index (χ1n) is 8.06. The van der Waals surface area contributed by atoms with Crippen molar-refractivity contribution in [1.29, 1.82) is 0 Å². The van der Waals surface area contributed by atoms with Gasteiger partial charge in [-0.25, -0.2) is 18.9 Å². The average molecular weight is 440 g/mol.